The van der Waals surface area contributed by atoms with Crippen molar-refractivity contribution in [2.75, 3.05) is 6.54 Å². The topological polar surface area (TPSA) is 70.1 Å². The predicted molar refractivity (Wildman–Crippen MR) is 75.6 cm³/mol. The SMILES string of the molecule is N#CCCN(Cc1ccco1)C(=O)c1cccc(Br)n1. The Morgan fingerprint density at radius 2 is 2.25 bits per heavy atom. The molecule has 2 aromatic heterocycles. The molecule has 0 radical (unpaired) electrons. The van der Waals surface area contributed by atoms with Gasteiger partial charge in [0.2, 0.25) is 0 Å². The number of rotatable bonds is 5. The van der Waals surface area contributed by atoms with Crippen molar-refractivity contribution in [2.45, 2.75) is 13.0 Å². The third kappa shape index (κ3) is 3.68. The summed E-state index contributed by atoms with van der Waals surface area (Å²) < 4.78 is 5.85. The van der Waals surface area contributed by atoms with Gasteiger partial charge >= 0.3 is 0 Å². The van der Waals surface area contributed by atoms with Crippen LogP contribution in [0.15, 0.2) is 45.6 Å². The van der Waals surface area contributed by atoms with Crippen LogP contribution in [0, 0.1) is 11.3 Å². The van der Waals surface area contributed by atoms with Gasteiger partial charge in [-0.15, -0.1) is 0 Å². The molecule has 0 saturated carbocycles. The lowest BCUT2D eigenvalue weighted by molar-refractivity contribution is 0.0729. The molecule has 0 aliphatic carbocycles. The summed E-state index contributed by atoms with van der Waals surface area (Å²) in [6.07, 6.45) is 1.82. The monoisotopic (exact) mass is 333 g/mol. The molecule has 1 amide bonds. The first-order valence-corrected chi connectivity index (χ1v) is 6.81. The van der Waals surface area contributed by atoms with Crippen LogP contribution in [-0.2, 0) is 6.54 Å². The molecule has 102 valence electrons. The number of pyridine rings is 1. The van der Waals surface area contributed by atoms with Crippen LogP contribution < -0.4 is 0 Å². The molecule has 20 heavy (non-hydrogen) atoms. The number of carbonyl (C=O) groups is 1. The Morgan fingerprint density at radius 1 is 1.40 bits per heavy atom. The zero-order valence-corrected chi connectivity index (χ0v) is 12.2. The van der Waals surface area contributed by atoms with E-state index in [2.05, 4.69) is 20.9 Å². The van der Waals surface area contributed by atoms with E-state index in [1.165, 1.54) is 0 Å². The number of amides is 1. The first-order chi connectivity index (χ1) is 9.70. The minimum Gasteiger partial charge on any atom is -0.467 e. The van der Waals surface area contributed by atoms with Crippen molar-refractivity contribution in [3.63, 3.8) is 0 Å². The first-order valence-electron chi connectivity index (χ1n) is 6.02. The molecule has 0 bridgehead atoms. The Hall–Kier alpha value is -2.13. The molecular weight excluding hydrogens is 322 g/mol. The number of aromatic nitrogens is 1. The van der Waals surface area contributed by atoms with Gasteiger partial charge in [-0.3, -0.25) is 4.79 Å². The van der Waals surface area contributed by atoms with Gasteiger partial charge in [-0.05, 0) is 40.2 Å². The lowest BCUT2D eigenvalue weighted by Gasteiger charge is -2.20. The van der Waals surface area contributed by atoms with Crippen LogP contribution in [0.25, 0.3) is 0 Å². The molecule has 5 nitrogen and oxygen atoms in total. The molecule has 0 aliphatic heterocycles. The van der Waals surface area contributed by atoms with Gasteiger partial charge in [0.05, 0.1) is 25.3 Å². The van der Waals surface area contributed by atoms with Crippen molar-refractivity contribution in [1.82, 2.24) is 9.88 Å². The van der Waals surface area contributed by atoms with E-state index in [-0.39, 0.29) is 12.3 Å². The molecule has 0 atom stereocenters. The molecule has 2 rings (SSSR count). The molecular formula is C14H12BrN3O2. The zero-order valence-electron chi connectivity index (χ0n) is 10.6. The molecule has 2 aromatic rings. The number of halogens is 1. The zero-order chi connectivity index (χ0) is 14.4. The van der Waals surface area contributed by atoms with Crippen molar-refractivity contribution < 1.29 is 9.21 Å². The number of hydrogen-bond acceptors (Lipinski definition) is 4. The van der Waals surface area contributed by atoms with E-state index in [0.29, 0.717) is 29.1 Å². The summed E-state index contributed by atoms with van der Waals surface area (Å²) in [5.41, 5.74) is 0.337. The van der Waals surface area contributed by atoms with Gasteiger partial charge in [0.25, 0.3) is 5.91 Å². The van der Waals surface area contributed by atoms with Crippen molar-refractivity contribution in [2.24, 2.45) is 0 Å². The van der Waals surface area contributed by atoms with E-state index in [1.807, 2.05) is 6.07 Å². The van der Waals surface area contributed by atoms with Crippen molar-refractivity contribution in [1.29, 1.82) is 5.26 Å². The molecule has 0 aliphatic rings. The third-order valence-corrected chi connectivity index (χ3v) is 3.08. The van der Waals surface area contributed by atoms with Crippen LogP contribution in [0.4, 0.5) is 0 Å². The van der Waals surface area contributed by atoms with Gasteiger partial charge in [0.1, 0.15) is 16.1 Å². The number of carbonyl (C=O) groups excluding carboxylic acids is 1. The molecule has 0 aromatic carbocycles. The fraction of sp³-hybridized carbons (Fsp3) is 0.214. The van der Waals surface area contributed by atoms with Gasteiger partial charge < -0.3 is 9.32 Å². The Kier molecular flexibility index (Phi) is 4.91. The second kappa shape index (κ2) is 6.87. The second-order valence-corrected chi connectivity index (χ2v) is 4.87. The average Bonchev–Trinajstić information content (AvgIpc) is 2.95. The highest BCUT2D eigenvalue weighted by atomic mass is 79.9. The van der Waals surface area contributed by atoms with Gasteiger partial charge in [-0.2, -0.15) is 5.26 Å². The smallest absolute Gasteiger partial charge is 0.272 e. The predicted octanol–water partition coefficient (Wildman–Crippen LogP) is 2.99. The molecule has 0 saturated heterocycles. The Labute approximate surface area is 125 Å². The van der Waals surface area contributed by atoms with Crippen LogP contribution in [-0.4, -0.2) is 22.3 Å². The first kappa shape index (κ1) is 14.3. The lowest BCUT2D eigenvalue weighted by Crippen LogP contribution is -2.32. The van der Waals surface area contributed by atoms with Crippen LogP contribution >= 0.6 is 15.9 Å². The van der Waals surface area contributed by atoms with Crippen LogP contribution in [0.3, 0.4) is 0 Å². The highest BCUT2D eigenvalue weighted by molar-refractivity contribution is 9.10. The third-order valence-electron chi connectivity index (χ3n) is 2.64. The number of hydrogen-bond donors (Lipinski definition) is 0. The average molecular weight is 334 g/mol. The summed E-state index contributed by atoms with van der Waals surface area (Å²) in [6.45, 7) is 0.659. The largest absolute Gasteiger partial charge is 0.467 e. The van der Waals surface area contributed by atoms with Gasteiger partial charge in [-0.1, -0.05) is 6.07 Å². The van der Waals surface area contributed by atoms with E-state index in [4.69, 9.17) is 9.68 Å². The van der Waals surface area contributed by atoms with Crippen LogP contribution in [0.1, 0.15) is 22.7 Å². The van der Waals surface area contributed by atoms with Crippen molar-refractivity contribution in [3.05, 3.63) is 52.7 Å². The number of nitriles is 1. The minimum atomic E-state index is -0.224. The molecule has 0 unspecified atom stereocenters. The second-order valence-electron chi connectivity index (χ2n) is 4.06. The summed E-state index contributed by atoms with van der Waals surface area (Å²) in [6, 6.07) is 10.7. The maximum Gasteiger partial charge on any atom is 0.272 e. The Balaban J connectivity index is 2.17. The van der Waals surface area contributed by atoms with Crippen LogP contribution in [0.5, 0.6) is 0 Å². The highest BCUT2D eigenvalue weighted by Gasteiger charge is 2.18. The highest BCUT2D eigenvalue weighted by Crippen LogP contribution is 2.12. The van der Waals surface area contributed by atoms with E-state index in [9.17, 15) is 4.79 Å². The maximum atomic E-state index is 12.4. The van der Waals surface area contributed by atoms with E-state index in [1.54, 1.807) is 41.5 Å². The van der Waals surface area contributed by atoms with Crippen molar-refractivity contribution in [3.8, 4) is 6.07 Å². The van der Waals surface area contributed by atoms with Gasteiger partial charge in [0, 0.05) is 6.54 Å². The van der Waals surface area contributed by atoms with E-state index >= 15 is 0 Å². The fourth-order valence-electron chi connectivity index (χ4n) is 1.72. The van der Waals surface area contributed by atoms with E-state index < -0.39 is 0 Å². The van der Waals surface area contributed by atoms with Crippen LogP contribution in [0.2, 0.25) is 0 Å². The van der Waals surface area contributed by atoms with Gasteiger partial charge in [0.15, 0.2) is 0 Å². The normalized spacial score (nSPS) is 10.0. The molecule has 6 heteroatoms. The van der Waals surface area contributed by atoms with E-state index in [0.717, 1.165) is 0 Å². The standard InChI is InChI=1S/C14H12BrN3O2/c15-13-6-1-5-12(17-13)14(19)18(8-3-7-16)10-11-4-2-9-20-11/h1-2,4-6,9H,3,8,10H2. The molecule has 0 N–H and O–H groups in total. The maximum absolute atomic E-state index is 12.4. The summed E-state index contributed by atoms with van der Waals surface area (Å²) in [5, 5.41) is 8.70. The minimum absolute atomic E-state index is 0.224. The summed E-state index contributed by atoms with van der Waals surface area (Å²) in [5.74, 6) is 0.448. The summed E-state index contributed by atoms with van der Waals surface area (Å²) in [4.78, 5) is 18.1. The summed E-state index contributed by atoms with van der Waals surface area (Å²) >= 11 is 3.24. The number of furan rings is 1. The molecule has 0 spiro atoms. The summed E-state index contributed by atoms with van der Waals surface area (Å²) in [7, 11) is 0. The van der Waals surface area contributed by atoms with Crippen molar-refractivity contribution >= 4 is 21.8 Å². The molecule has 0 fully saturated rings. The quantitative estimate of drug-likeness (QED) is 0.788. The number of nitrogens with zero attached hydrogens (tertiary/aromatic N) is 3. The Morgan fingerprint density at radius 3 is 2.90 bits per heavy atom. The fourth-order valence-corrected chi connectivity index (χ4v) is 2.06. The lowest BCUT2D eigenvalue weighted by atomic mass is 10.2. The Bertz CT molecular complexity index is 620. The van der Waals surface area contributed by atoms with Gasteiger partial charge in [-0.25, -0.2) is 4.98 Å². The molecule has 2 heterocycles.